The lowest BCUT2D eigenvalue weighted by Crippen LogP contribution is -2.21. The van der Waals surface area contributed by atoms with Gasteiger partial charge in [0, 0.05) is 11.4 Å². The third kappa shape index (κ3) is 2.68. The second kappa shape index (κ2) is 5.46. The van der Waals surface area contributed by atoms with Crippen LogP contribution in [0.5, 0.6) is 0 Å². The Morgan fingerprint density at radius 2 is 2.00 bits per heavy atom. The Morgan fingerprint density at radius 1 is 1.19 bits per heavy atom. The van der Waals surface area contributed by atoms with Gasteiger partial charge in [0.2, 0.25) is 5.43 Å². The Morgan fingerprint density at radius 3 is 2.81 bits per heavy atom. The average Bonchev–Trinajstić information content (AvgIpc) is 2.50. The smallest absolute Gasteiger partial charge is 0.207 e. The van der Waals surface area contributed by atoms with Gasteiger partial charge >= 0.3 is 0 Å². The van der Waals surface area contributed by atoms with E-state index in [0.717, 1.165) is 5.52 Å². The zero-order valence-corrected chi connectivity index (χ0v) is 11.2. The van der Waals surface area contributed by atoms with Crippen LogP contribution in [0.25, 0.3) is 10.9 Å². The highest BCUT2D eigenvalue weighted by molar-refractivity contribution is 5.77. The van der Waals surface area contributed by atoms with Gasteiger partial charge in [0.1, 0.15) is 5.82 Å². The summed E-state index contributed by atoms with van der Waals surface area (Å²) < 4.78 is 14.9. The highest BCUT2D eigenvalue weighted by atomic mass is 19.1. The Labute approximate surface area is 120 Å². The molecule has 1 unspecified atom stereocenters. The van der Waals surface area contributed by atoms with Gasteiger partial charge in [-0.15, -0.1) is 0 Å². The molecule has 106 valence electrons. The van der Waals surface area contributed by atoms with Crippen LogP contribution >= 0.6 is 0 Å². The highest BCUT2D eigenvalue weighted by Crippen LogP contribution is 2.16. The number of hydrogen-bond acceptors (Lipinski definition) is 3. The van der Waals surface area contributed by atoms with E-state index in [9.17, 15) is 9.18 Å². The molecule has 0 aliphatic carbocycles. The predicted octanol–water partition coefficient (Wildman–Crippen LogP) is 2.24. The lowest BCUT2D eigenvalue weighted by atomic mass is 10.1. The quantitative estimate of drug-likeness (QED) is 0.802. The van der Waals surface area contributed by atoms with E-state index >= 15 is 0 Å². The molecule has 3 aromatic rings. The van der Waals surface area contributed by atoms with E-state index in [1.165, 1.54) is 18.3 Å². The molecule has 2 aromatic carbocycles. The van der Waals surface area contributed by atoms with Crippen molar-refractivity contribution in [2.45, 2.75) is 12.6 Å². The van der Waals surface area contributed by atoms with Crippen molar-refractivity contribution in [3.63, 3.8) is 0 Å². The van der Waals surface area contributed by atoms with E-state index in [1.807, 2.05) is 12.1 Å². The monoisotopic (exact) mass is 283 g/mol. The minimum absolute atomic E-state index is 0.124. The van der Waals surface area contributed by atoms with E-state index in [2.05, 4.69) is 5.10 Å². The summed E-state index contributed by atoms with van der Waals surface area (Å²) in [4.78, 5) is 11.8. The van der Waals surface area contributed by atoms with Crippen molar-refractivity contribution in [1.29, 1.82) is 0 Å². The largest absolute Gasteiger partial charge is 0.322 e. The molecule has 0 bridgehead atoms. The van der Waals surface area contributed by atoms with Crippen LogP contribution in [0, 0.1) is 5.82 Å². The van der Waals surface area contributed by atoms with Gasteiger partial charge in [-0.25, -0.2) is 4.39 Å². The summed E-state index contributed by atoms with van der Waals surface area (Å²) in [7, 11) is 0. The predicted molar refractivity (Wildman–Crippen MR) is 79.3 cm³/mol. The first-order chi connectivity index (χ1) is 10.1. The molecule has 0 aliphatic rings. The van der Waals surface area contributed by atoms with Gasteiger partial charge < -0.3 is 5.73 Å². The van der Waals surface area contributed by atoms with Gasteiger partial charge in [0.05, 0.1) is 18.3 Å². The Hall–Kier alpha value is -2.53. The van der Waals surface area contributed by atoms with E-state index in [1.54, 1.807) is 28.9 Å². The molecule has 1 heterocycles. The van der Waals surface area contributed by atoms with Crippen molar-refractivity contribution in [2.75, 3.05) is 0 Å². The van der Waals surface area contributed by atoms with Gasteiger partial charge in [-0.1, -0.05) is 24.3 Å². The Balaban J connectivity index is 1.99. The van der Waals surface area contributed by atoms with Gasteiger partial charge in [-0.3, -0.25) is 9.48 Å². The molecule has 0 aliphatic heterocycles. The van der Waals surface area contributed by atoms with Crippen molar-refractivity contribution in [3.8, 4) is 0 Å². The summed E-state index contributed by atoms with van der Waals surface area (Å²) >= 11 is 0. The lowest BCUT2D eigenvalue weighted by molar-refractivity contribution is 0.530. The van der Waals surface area contributed by atoms with Crippen molar-refractivity contribution >= 4 is 10.9 Å². The topological polar surface area (TPSA) is 60.9 Å². The van der Waals surface area contributed by atoms with Crippen LogP contribution in [0.3, 0.4) is 0 Å². The maximum atomic E-state index is 13.3. The molecule has 2 N–H and O–H groups in total. The Bertz CT molecular complexity index is 844. The number of halogens is 1. The van der Waals surface area contributed by atoms with Crippen LogP contribution in [-0.2, 0) is 6.54 Å². The number of nitrogens with zero attached hydrogens (tertiary/aromatic N) is 2. The first-order valence-electron chi connectivity index (χ1n) is 6.61. The van der Waals surface area contributed by atoms with E-state index in [4.69, 9.17) is 5.73 Å². The van der Waals surface area contributed by atoms with Crippen LogP contribution in [0.1, 0.15) is 11.6 Å². The molecule has 0 saturated heterocycles. The molecule has 5 heteroatoms. The van der Waals surface area contributed by atoms with Crippen LogP contribution in [0.4, 0.5) is 4.39 Å². The van der Waals surface area contributed by atoms with Crippen LogP contribution in [-0.4, -0.2) is 9.78 Å². The minimum atomic E-state index is -0.404. The van der Waals surface area contributed by atoms with Crippen LogP contribution < -0.4 is 11.2 Å². The fraction of sp³-hybridized carbons (Fsp3) is 0.125. The summed E-state index contributed by atoms with van der Waals surface area (Å²) in [5.74, 6) is -0.319. The number of aromatic nitrogens is 2. The summed E-state index contributed by atoms with van der Waals surface area (Å²) in [6.07, 6.45) is 1.28. The van der Waals surface area contributed by atoms with Gasteiger partial charge in [0.15, 0.2) is 0 Å². The lowest BCUT2D eigenvalue weighted by Gasteiger charge is -2.15. The molecule has 1 atom stereocenters. The maximum absolute atomic E-state index is 13.3. The molecule has 21 heavy (non-hydrogen) atoms. The number of hydrogen-bond donors (Lipinski definition) is 1. The van der Waals surface area contributed by atoms with E-state index < -0.39 is 6.04 Å². The second-order valence-electron chi connectivity index (χ2n) is 4.87. The van der Waals surface area contributed by atoms with Crippen molar-refractivity contribution in [2.24, 2.45) is 5.73 Å². The summed E-state index contributed by atoms with van der Waals surface area (Å²) in [6.45, 7) is 0.365. The normalized spacial score (nSPS) is 12.5. The second-order valence-corrected chi connectivity index (χ2v) is 4.87. The maximum Gasteiger partial charge on any atom is 0.207 e. The third-order valence-electron chi connectivity index (χ3n) is 3.41. The molecule has 0 saturated carbocycles. The third-order valence-corrected chi connectivity index (χ3v) is 3.41. The number of fused-ring (bicyclic) bond motifs is 1. The Kier molecular flexibility index (Phi) is 3.50. The van der Waals surface area contributed by atoms with Crippen molar-refractivity contribution in [3.05, 3.63) is 76.3 Å². The number of nitrogens with two attached hydrogens (primary N) is 1. The van der Waals surface area contributed by atoms with Gasteiger partial charge in [-0.05, 0) is 29.8 Å². The number of para-hydroxylation sites is 1. The molecule has 0 fully saturated rings. The number of benzene rings is 2. The molecule has 0 amide bonds. The zero-order valence-electron chi connectivity index (χ0n) is 11.2. The van der Waals surface area contributed by atoms with Crippen molar-refractivity contribution in [1.82, 2.24) is 9.78 Å². The summed E-state index contributed by atoms with van der Waals surface area (Å²) in [5.41, 5.74) is 7.41. The first kappa shape index (κ1) is 13.5. The van der Waals surface area contributed by atoms with E-state index in [0.29, 0.717) is 17.5 Å². The SMILES string of the molecule is NC(Cn1ncc(=O)c2ccccc21)c1cccc(F)c1. The molecule has 0 radical (unpaired) electrons. The van der Waals surface area contributed by atoms with Crippen molar-refractivity contribution < 1.29 is 4.39 Å². The zero-order chi connectivity index (χ0) is 14.8. The standard InChI is InChI=1S/C16H14FN3O/c17-12-5-3-4-11(8-12)14(18)10-20-15-7-2-1-6-13(15)16(21)9-19-20/h1-9,14H,10,18H2. The summed E-state index contributed by atoms with van der Waals surface area (Å²) in [6, 6.07) is 13.0. The number of rotatable bonds is 3. The molecular formula is C16H14FN3O. The molecule has 3 rings (SSSR count). The molecule has 0 spiro atoms. The first-order valence-corrected chi connectivity index (χ1v) is 6.61. The highest BCUT2D eigenvalue weighted by Gasteiger charge is 2.10. The van der Waals surface area contributed by atoms with Gasteiger partial charge in [-0.2, -0.15) is 5.10 Å². The van der Waals surface area contributed by atoms with Crippen LogP contribution in [0.15, 0.2) is 59.5 Å². The minimum Gasteiger partial charge on any atom is -0.322 e. The fourth-order valence-corrected chi connectivity index (χ4v) is 2.34. The van der Waals surface area contributed by atoms with Gasteiger partial charge in [0.25, 0.3) is 0 Å². The fourth-order valence-electron chi connectivity index (χ4n) is 2.34. The molecular weight excluding hydrogens is 269 g/mol. The van der Waals surface area contributed by atoms with E-state index in [-0.39, 0.29) is 11.2 Å². The molecule has 1 aromatic heterocycles. The summed E-state index contributed by atoms with van der Waals surface area (Å²) in [5, 5.41) is 4.72. The van der Waals surface area contributed by atoms with Crippen LogP contribution in [0.2, 0.25) is 0 Å². The average molecular weight is 283 g/mol. The molecule has 4 nitrogen and oxygen atoms in total.